The van der Waals surface area contributed by atoms with E-state index >= 15 is 0 Å². The summed E-state index contributed by atoms with van der Waals surface area (Å²) in [5, 5.41) is 4.85. The Morgan fingerprint density at radius 3 is 2.35 bits per heavy atom. The summed E-state index contributed by atoms with van der Waals surface area (Å²) >= 11 is 0. The van der Waals surface area contributed by atoms with Crippen LogP contribution in [0.15, 0.2) is 47.4 Å². The Kier molecular flexibility index (Phi) is 7.29. The van der Waals surface area contributed by atoms with Crippen molar-refractivity contribution < 1.29 is 22.7 Å². The van der Waals surface area contributed by atoms with Gasteiger partial charge in [0, 0.05) is 18.8 Å². The van der Waals surface area contributed by atoms with Gasteiger partial charge in [0.1, 0.15) is 5.75 Å². The Morgan fingerprint density at radius 2 is 1.68 bits per heavy atom. The molecule has 8 nitrogen and oxygen atoms in total. The number of amides is 3. The summed E-state index contributed by atoms with van der Waals surface area (Å²) in [7, 11) is -3.52. The number of urea groups is 1. The Bertz CT molecular complexity index is 1050. The standard InChI is InChI=1S/C22H27N3O5S/c1-16-7-6-8-20(17(16)2)23-22(27)24-21(26)15-30-18-9-11-19(12-10-18)31(28,29)25-13-4-3-5-14-25/h6-12H,3-5,13-15H2,1-2H3,(H2,23,24,26,27). The highest BCUT2D eigenvalue weighted by Gasteiger charge is 2.25. The predicted molar refractivity (Wildman–Crippen MR) is 118 cm³/mol. The Balaban J connectivity index is 1.51. The van der Waals surface area contributed by atoms with Crippen molar-refractivity contribution >= 4 is 27.6 Å². The van der Waals surface area contributed by atoms with Gasteiger partial charge in [0.2, 0.25) is 10.0 Å². The van der Waals surface area contributed by atoms with Crippen molar-refractivity contribution in [3.8, 4) is 5.75 Å². The van der Waals surface area contributed by atoms with Crippen LogP contribution in [0, 0.1) is 13.8 Å². The van der Waals surface area contributed by atoms with Gasteiger partial charge in [-0.05, 0) is 68.1 Å². The molecule has 0 saturated carbocycles. The molecule has 0 bridgehead atoms. The lowest BCUT2D eigenvalue weighted by atomic mass is 10.1. The van der Waals surface area contributed by atoms with Crippen LogP contribution in [0.3, 0.4) is 0 Å². The molecular formula is C22H27N3O5S. The second kappa shape index (κ2) is 9.93. The van der Waals surface area contributed by atoms with E-state index in [9.17, 15) is 18.0 Å². The summed E-state index contributed by atoms with van der Waals surface area (Å²) in [6.07, 6.45) is 2.78. The van der Waals surface area contributed by atoms with E-state index in [0.717, 1.165) is 30.4 Å². The van der Waals surface area contributed by atoms with Gasteiger partial charge in [0.25, 0.3) is 5.91 Å². The van der Waals surface area contributed by atoms with Gasteiger partial charge >= 0.3 is 6.03 Å². The molecule has 2 aromatic carbocycles. The van der Waals surface area contributed by atoms with Gasteiger partial charge in [0.05, 0.1) is 4.90 Å². The predicted octanol–water partition coefficient (Wildman–Crippen LogP) is 3.21. The molecule has 9 heteroatoms. The lowest BCUT2D eigenvalue weighted by Gasteiger charge is -2.25. The summed E-state index contributed by atoms with van der Waals surface area (Å²) in [4.78, 5) is 24.2. The van der Waals surface area contributed by atoms with Gasteiger partial charge in [-0.15, -0.1) is 0 Å². The Labute approximate surface area is 182 Å². The number of rotatable bonds is 6. The molecule has 166 valence electrons. The number of hydrogen-bond donors (Lipinski definition) is 2. The van der Waals surface area contributed by atoms with Crippen LogP contribution in [0.2, 0.25) is 0 Å². The highest BCUT2D eigenvalue weighted by Crippen LogP contribution is 2.22. The number of anilines is 1. The minimum absolute atomic E-state index is 0.194. The number of nitrogens with zero attached hydrogens (tertiary/aromatic N) is 1. The number of ether oxygens (including phenoxy) is 1. The lowest BCUT2D eigenvalue weighted by molar-refractivity contribution is -0.121. The van der Waals surface area contributed by atoms with Crippen molar-refractivity contribution in [2.24, 2.45) is 0 Å². The Morgan fingerprint density at radius 1 is 1.00 bits per heavy atom. The number of carbonyl (C=O) groups excluding carboxylic acids is 2. The monoisotopic (exact) mass is 445 g/mol. The van der Waals surface area contributed by atoms with Crippen molar-refractivity contribution in [2.45, 2.75) is 38.0 Å². The average molecular weight is 446 g/mol. The molecule has 0 spiro atoms. The summed E-state index contributed by atoms with van der Waals surface area (Å²) < 4.78 is 32.2. The maximum absolute atomic E-state index is 12.7. The number of carbonyl (C=O) groups is 2. The highest BCUT2D eigenvalue weighted by atomic mass is 32.2. The second-order valence-corrected chi connectivity index (χ2v) is 9.41. The van der Waals surface area contributed by atoms with E-state index in [2.05, 4.69) is 10.6 Å². The van der Waals surface area contributed by atoms with Crippen molar-refractivity contribution in [3.05, 3.63) is 53.6 Å². The van der Waals surface area contributed by atoms with E-state index in [4.69, 9.17) is 4.74 Å². The fraction of sp³-hybridized carbons (Fsp3) is 0.364. The topological polar surface area (TPSA) is 105 Å². The zero-order valence-corrected chi connectivity index (χ0v) is 18.5. The van der Waals surface area contributed by atoms with Gasteiger partial charge in [-0.25, -0.2) is 13.2 Å². The molecule has 0 aromatic heterocycles. The minimum Gasteiger partial charge on any atom is -0.484 e. The number of hydrogen-bond acceptors (Lipinski definition) is 5. The molecule has 1 aliphatic heterocycles. The van der Waals surface area contributed by atoms with Crippen LogP contribution in [-0.4, -0.2) is 44.4 Å². The van der Waals surface area contributed by atoms with Crippen molar-refractivity contribution in [2.75, 3.05) is 25.0 Å². The number of nitrogens with one attached hydrogen (secondary N) is 2. The fourth-order valence-electron chi connectivity index (χ4n) is 3.31. The fourth-order valence-corrected chi connectivity index (χ4v) is 4.83. The zero-order valence-electron chi connectivity index (χ0n) is 17.7. The van der Waals surface area contributed by atoms with Gasteiger partial charge in [-0.2, -0.15) is 4.31 Å². The summed E-state index contributed by atoms with van der Waals surface area (Å²) in [6.45, 7) is 4.50. The largest absolute Gasteiger partial charge is 0.484 e. The van der Waals surface area contributed by atoms with E-state index in [1.807, 2.05) is 26.0 Å². The summed E-state index contributed by atoms with van der Waals surface area (Å²) in [5.74, 6) is -0.282. The lowest BCUT2D eigenvalue weighted by Crippen LogP contribution is -2.37. The molecule has 1 aliphatic rings. The molecule has 0 aliphatic carbocycles. The maximum atomic E-state index is 12.7. The summed E-state index contributed by atoms with van der Waals surface area (Å²) in [5.41, 5.74) is 2.57. The SMILES string of the molecule is Cc1cccc(NC(=O)NC(=O)COc2ccc(S(=O)(=O)N3CCCCC3)cc2)c1C. The third-order valence-corrected chi connectivity index (χ3v) is 7.17. The van der Waals surface area contributed by atoms with Crippen molar-refractivity contribution in [1.82, 2.24) is 9.62 Å². The molecule has 31 heavy (non-hydrogen) atoms. The van der Waals surface area contributed by atoms with Crippen molar-refractivity contribution in [3.63, 3.8) is 0 Å². The number of sulfonamides is 1. The summed E-state index contributed by atoms with van der Waals surface area (Å²) in [6, 6.07) is 10.8. The molecule has 2 aromatic rings. The second-order valence-electron chi connectivity index (χ2n) is 7.47. The van der Waals surface area contributed by atoms with Crippen molar-refractivity contribution in [1.29, 1.82) is 0 Å². The first-order valence-electron chi connectivity index (χ1n) is 10.2. The number of piperidine rings is 1. The van der Waals surface area contributed by atoms with Gasteiger partial charge in [-0.1, -0.05) is 18.6 Å². The zero-order chi connectivity index (χ0) is 22.4. The first kappa shape index (κ1) is 22.8. The van der Waals surface area contributed by atoms with Crippen LogP contribution < -0.4 is 15.4 Å². The number of aryl methyl sites for hydroxylation is 1. The van der Waals surface area contributed by atoms with Crippen LogP contribution in [0.5, 0.6) is 5.75 Å². The molecule has 0 radical (unpaired) electrons. The number of benzene rings is 2. The van der Waals surface area contributed by atoms with Crippen LogP contribution in [0.25, 0.3) is 0 Å². The quantitative estimate of drug-likeness (QED) is 0.710. The molecule has 1 heterocycles. The molecule has 0 unspecified atom stereocenters. The molecule has 1 fully saturated rings. The number of imide groups is 1. The Hall–Kier alpha value is -2.91. The van der Waals surface area contributed by atoms with E-state index in [1.165, 1.54) is 28.6 Å². The maximum Gasteiger partial charge on any atom is 0.325 e. The minimum atomic E-state index is -3.52. The first-order valence-corrected chi connectivity index (χ1v) is 11.6. The normalized spacial score (nSPS) is 14.6. The first-order chi connectivity index (χ1) is 14.8. The van der Waals surface area contributed by atoms with Gasteiger partial charge < -0.3 is 10.1 Å². The third-order valence-electron chi connectivity index (χ3n) is 5.25. The van der Waals surface area contributed by atoms with E-state index in [0.29, 0.717) is 24.5 Å². The average Bonchev–Trinajstić information content (AvgIpc) is 2.76. The van der Waals surface area contributed by atoms with Crippen LogP contribution in [-0.2, 0) is 14.8 Å². The molecule has 2 N–H and O–H groups in total. The van der Waals surface area contributed by atoms with Gasteiger partial charge in [0.15, 0.2) is 6.61 Å². The van der Waals surface area contributed by atoms with Crippen LogP contribution in [0.1, 0.15) is 30.4 Å². The smallest absolute Gasteiger partial charge is 0.325 e. The third kappa shape index (κ3) is 5.83. The molecule has 3 amide bonds. The molecule has 1 saturated heterocycles. The van der Waals surface area contributed by atoms with E-state index in [-0.39, 0.29) is 11.5 Å². The van der Waals surface area contributed by atoms with E-state index < -0.39 is 22.0 Å². The molecule has 3 rings (SSSR count). The van der Waals surface area contributed by atoms with Crippen LogP contribution >= 0.6 is 0 Å². The molecular weight excluding hydrogens is 418 g/mol. The molecule has 0 atom stereocenters. The highest BCUT2D eigenvalue weighted by molar-refractivity contribution is 7.89. The van der Waals surface area contributed by atoms with E-state index in [1.54, 1.807) is 6.07 Å². The van der Waals surface area contributed by atoms with Crippen LogP contribution in [0.4, 0.5) is 10.5 Å². The van der Waals surface area contributed by atoms with Gasteiger partial charge in [-0.3, -0.25) is 10.1 Å².